The van der Waals surface area contributed by atoms with Crippen LogP contribution in [0.15, 0.2) is 36.9 Å². The fraction of sp³-hybridized carbons (Fsp3) is 0.273. The van der Waals surface area contributed by atoms with Gasteiger partial charge in [-0.15, -0.1) is 0 Å². The minimum absolute atomic E-state index is 0.0110. The van der Waals surface area contributed by atoms with Gasteiger partial charge >= 0.3 is 6.18 Å². The zero-order chi connectivity index (χ0) is 25.0. The Hall–Kier alpha value is -4.16. The van der Waals surface area contributed by atoms with Crippen LogP contribution < -0.4 is 11.1 Å². The second-order valence-corrected chi connectivity index (χ2v) is 8.30. The Bertz CT molecular complexity index is 1450. The summed E-state index contributed by atoms with van der Waals surface area (Å²) >= 11 is 0. The minimum Gasteiger partial charge on any atom is -0.383 e. The number of hydrogen-bond acceptors (Lipinski definition) is 7. The van der Waals surface area contributed by atoms with Crippen LogP contribution in [0.25, 0.3) is 17.2 Å². The van der Waals surface area contributed by atoms with Crippen LogP contribution in [-0.4, -0.2) is 41.4 Å². The maximum atomic E-state index is 13.4. The first-order valence-corrected chi connectivity index (χ1v) is 10.6. The number of carbonyl (C=O) groups is 1. The van der Waals surface area contributed by atoms with Gasteiger partial charge in [0.1, 0.15) is 28.6 Å². The highest BCUT2D eigenvalue weighted by molar-refractivity contribution is 6.08. The number of alkyl halides is 3. The zero-order valence-corrected chi connectivity index (χ0v) is 18.3. The topological polar surface area (TPSA) is 124 Å². The molecule has 9 nitrogen and oxygen atoms in total. The molecule has 0 fully saturated rings. The number of imidazole rings is 1. The third-order valence-corrected chi connectivity index (χ3v) is 5.91. The average Bonchev–Trinajstić information content (AvgIpc) is 3.36. The Kier molecular flexibility index (Phi) is 5.15. The molecule has 0 bridgehead atoms. The van der Waals surface area contributed by atoms with Gasteiger partial charge in [0.15, 0.2) is 11.5 Å². The van der Waals surface area contributed by atoms with Crippen LogP contribution in [0.5, 0.6) is 0 Å². The van der Waals surface area contributed by atoms with Crippen LogP contribution in [0.3, 0.4) is 0 Å². The average molecular weight is 486 g/mol. The third-order valence-electron chi connectivity index (χ3n) is 5.91. The van der Waals surface area contributed by atoms with E-state index in [1.807, 2.05) is 0 Å². The molecule has 0 radical (unpaired) electrons. The van der Waals surface area contributed by atoms with Crippen LogP contribution in [0.4, 0.5) is 29.2 Å². The van der Waals surface area contributed by atoms with Gasteiger partial charge in [-0.3, -0.25) is 9.78 Å². The fourth-order valence-corrected chi connectivity index (χ4v) is 4.17. The van der Waals surface area contributed by atoms with Crippen molar-refractivity contribution in [1.82, 2.24) is 29.3 Å². The summed E-state index contributed by atoms with van der Waals surface area (Å²) in [4.78, 5) is 34.4. The van der Waals surface area contributed by atoms with Gasteiger partial charge in [0.2, 0.25) is 5.91 Å². The van der Waals surface area contributed by atoms with Crippen molar-refractivity contribution in [2.24, 2.45) is 0 Å². The van der Waals surface area contributed by atoms with E-state index in [1.165, 1.54) is 18.3 Å². The van der Waals surface area contributed by atoms with Gasteiger partial charge in [-0.1, -0.05) is 0 Å². The van der Waals surface area contributed by atoms with Crippen molar-refractivity contribution < 1.29 is 22.4 Å². The van der Waals surface area contributed by atoms with E-state index in [0.29, 0.717) is 16.9 Å². The number of nitrogens with zero attached hydrogens (tertiary/aromatic N) is 6. The number of carbonyl (C=O) groups excluding carboxylic acids is 1. The highest BCUT2D eigenvalue weighted by Gasteiger charge is 2.48. The largest absolute Gasteiger partial charge is 0.389 e. The van der Waals surface area contributed by atoms with Crippen molar-refractivity contribution in [2.75, 3.05) is 11.1 Å². The molecule has 0 saturated carbocycles. The van der Waals surface area contributed by atoms with Crippen molar-refractivity contribution in [2.45, 2.75) is 37.8 Å². The lowest BCUT2D eigenvalue weighted by Gasteiger charge is -2.22. The molecule has 0 spiro atoms. The number of rotatable bonds is 5. The number of aryl methyl sites for hydroxylation is 1. The van der Waals surface area contributed by atoms with Gasteiger partial charge in [0.05, 0.1) is 23.1 Å². The van der Waals surface area contributed by atoms with Crippen molar-refractivity contribution in [1.29, 1.82) is 0 Å². The molecule has 5 rings (SSSR count). The lowest BCUT2D eigenvalue weighted by atomic mass is 9.81. The minimum atomic E-state index is -4.27. The number of amides is 1. The standard InChI is InChI=1S/C22H18F4N8O/c1-21(14-5-4-11(23)9-29-14)15-16(27)31-17(32-18(15)33-20(21)35)13-10-34-8-7-28-19(34)12(30-13)3-2-6-22(24,25)26/h4-5,7-10H,2-3,6H2,1H3,(H3,27,31,32,33,35). The zero-order valence-electron chi connectivity index (χ0n) is 18.3. The Morgan fingerprint density at radius 3 is 2.69 bits per heavy atom. The first kappa shape index (κ1) is 22.6. The van der Waals surface area contributed by atoms with Crippen LogP contribution in [0, 0.1) is 5.82 Å². The highest BCUT2D eigenvalue weighted by Crippen LogP contribution is 2.44. The highest BCUT2D eigenvalue weighted by atomic mass is 19.4. The number of fused-ring (bicyclic) bond motifs is 2. The number of pyridine rings is 1. The first-order chi connectivity index (χ1) is 16.6. The van der Waals surface area contributed by atoms with Crippen molar-refractivity contribution in [3.05, 3.63) is 59.7 Å². The van der Waals surface area contributed by atoms with E-state index in [4.69, 9.17) is 5.73 Å². The summed E-state index contributed by atoms with van der Waals surface area (Å²) in [6, 6.07) is 2.58. The molecule has 4 aromatic heterocycles. The third kappa shape index (κ3) is 3.92. The number of anilines is 2. The second kappa shape index (κ2) is 7.96. The summed E-state index contributed by atoms with van der Waals surface area (Å²) in [5.74, 6) is -0.802. The molecular formula is C22H18F4N8O. The van der Waals surface area contributed by atoms with E-state index < -0.39 is 29.7 Å². The van der Waals surface area contributed by atoms with Crippen LogP contribution >= 0.6 is 0 Å². The summed E-state index contributed by atoms with van der Waals surface area (Å²) in [6.07, 6.45) is 0.377. The number of nitrogen functional groups attached to an aromatic ring is 1. The number of halogens is 4. The number of hydrogen-bond donors (Lipinski definition) is 2. The van der Waals surface area contributed by atoms with Crippen molar-refractivity contribution >= 4 is 23.2 Å². The molecule has 4 aromatic rings. The van der Waals surface area contributed by atoms with E-state index in [2.05, 4.69) is 30.2 Å². The maximum absolute atomic E-state index is 13.4. The molecule has 1 aliphatic rings. The Balaban J connectivity index is 1.56. The smallest absolute Gasteiger partial charge is 0.383 e. The normalized spacial score (nSPS) is 17.6. The predicted molar refractivity (Wildman–Crippen MR) is 117 cm³/mol. The van der Waals surface area contributed by atoms with Crippen LogP contribution in [-0.2, 0) is 16.6 Å². The molecule has 1 atom stereocenters. The Labute approximate surface area is 195 Å². The summed E-state index contributed by atoms with van der Waals surface area (Å²) in [5.41, 5.74) is 6.48. The van der Waals surface area contributed by atoms with Gasteiger partial charge in [-0.2, -0.15) is 13.2 Å². The van der Waals surface area contributed by atoms with Gasteiger partial charge in [0.25, 0.3) is 0 Å². The molecule has 1 amide bonds. The van der Waals surface area contributed by atoms with E-state index >= 15 is 0 Å². The summed E-state index contributed by atoms with van der Waals surface area (Å²) < 4.78 is 52.9. The lowest BCUT2D eigenvalue weighted by molar-refractivity contribution is -0.135. The fourth-order valence-electron chi connectivity index (χ4n) is 4.17. The lowest BCUT2D eigenvalue weighted by Crippen LogP contribution is -2.34. The molecule has 0 aliphatic carbocycles. The summed E-state index contributed by atoms with van der Waals surface area (Å²) in [5, 5.41) is 2.67. The van der Waals surface area contributed by atoms with E-state index in [-0.39, 0.29) is 41.7 Å². The Morgan fingerprint density at radius 2 is 1.97 bits per heavy atom. The number of nitrogens with two attached hydrogens (primary N) is 1. The molecule has 180 valence electrons. The quantitative estimate of drug-likeness (QED) is 0.414. The molecule has 1 aliphatic heterocycles. The molecule has 13 heteroatoms. The summed E-state index contributed by atoms with van der Waals surface area (Å²) in [7, 11) is 0. The maximum Gasteiger partial charge on any atom is 0.389 e. The van der Waals surface area contributed by atoms with Gasteiger partial charge in [-0.25, -0.2) is 24.3 Å². The second-order valence-electron chi connectivity index (χ2n) is 8.30. The molecule has 0 saturated heterocycles. The number of nitrogens with one attached hydrogen (secondary N) is 1. The molecule has 35 heavy (non-hydrogen) atoms. The van der Waals surface area contributed by atoms with Crippen LogP contribution in [0.2, 0.25) is 0 Å². The SMILES string of the molecule is CC1(c2ccc(F)cn2)C(=O)Nc2nc(-c3cn4ccnc4c(CCCC(F)(F)F)n3)nc(N)c21. The van der Waals surface area contributed by atoms with Crippen molar-refractivity contribution in [3.63, 3.8) is 0 Å². The van der Waals surface area contributed by atoms with E-state index in [9.17, 15) is 22.4 Å². The van der Waals surface area contributed by atoms with Gasteiger partial charge in [0, 0.05) is 25.0 Å². The molecule has 3 N–H and O–H groups in total. The molecule has 1 unspecified atom stereocenters. The molecular weight excluding hydrogens is 468 g/mol. The van der Waals surface area contributed by atoms with E-state index in [1.54, 1.807) is 23.7 Å². The molecule has 5 heterocycles. The van der Waals surface area contributed by atoms with Gasteiger partial charge in [-0.05, 0) is 31.9 Å². The first-order valence-electron chi connectivity index (χ1n) is 10.6. The summed E-state index contributed by atoms with van der Waals surface area (Å²) in [6.45, 7) is 1.59. The van der Waals surface area contributed by atoms with Crippen molar-refractivity contribution in [3.8, 4) is 11.5 Å². The van der Waals surface area contributed by atoms with Gasteiger partial charge < -0.3 is 15.5 Å². The monoisotopic (exact) mass is 486 g/mol. The van der Waals surface area contributed by atoms with E-state index in [0.717, 1.165) is 6.20 Å². The Morgan fingerprint density at radius 1 is 1.17 bits per heavy atom. The predicted octanol–water partition coefficient (Wildman–Crippen LogP) is 3.45. The van der Waals surface area contributed by atoms with Crippen LogP contribution in [0.1, 0.15) is 36.7 Å². The molecule has 0 aromatic carbocycles. The number of aromatic nitrogens is 6.